The van der Waals surface area contributed by atoms with E-state index in [0.717, 1.165) is 25.9 Å². The second-order valence-electron chi connectivity index (χ2n) is 8.24. The molecule has 0 unspecified atom stereocenters. The second-order valence-corrected chi connectivity index (χ2v) is 8.24. The molecule has 1 saturated heterocycles. The van der Waals surface area contributed by atoms with Gasteiger partial charge in [-0.3, -0.25) is 4.79 Å². The summed E-state index contributed by atoms with van der Waals surface area (Å²) in [6.45, 7) is 13.6. The molecule has 0 aliphatic carbocycles. The molecule has 1 aliphatic rings. The van der Waals surface area contributed by atoms with Gasteiger partial charge in [-0.25, -0.2) is 4.79 Å². The summed E-state index contributed by atoms with van der Waals surface area (Å²) in [6, 6.07) is 0.0352. The Hall–Kier alpha value is -1.26. The maximum absolute atomic E-state index is 12.2. The quantitative estimate of drug-likeness (QED) is 0.822. The summed E-state index contributed by atoms with van der Waals surface area (Å²) in [5.74, 6) is 0.222. The maximum atomic E-state index is 12.2. The van der Waals surface area contributed by atoms with Gasteiger partial charge >= 0.3 is 6.03 Å². The highest BCUT2D eigenvalue weighted by molar-refractivity contribution is 5.77. The van der Waals surface area contributed by atoms with Crippen LogP contribution in [0.3, 0.4) is 0 Å². The average Bonchev–Trinajstić information content (AvgIpc) is 2.24. The number of nitrogens with zero attached hydrogens (tertiary/aromatic N) is 1. The number of carbonyl (C=O) groups is 2. The highest BCUT2D eigenvalue weighted by Gasteiger charge is 2.27. The summed E-state index contributed by atoms with van der Waals surface area (Å²) in [5, 5.41) is 5.90. The van der Waals surface area contributed by atoms with Gasteiger partial charge in [0.2, 0.25) is 5.91 Å². The lowest BCUT2D eigenvalue weighted by Gasteiger charge is -2.34. The Kier molecular flexibility index (Phi) is 5.65. The van der Waals surface area contributed by atoms with Crippen LogP contribution in [0, 0.1) is 5.41 Å². The molecule has 5 nitrogen and oxygen atoms in total. The summed E-state index contributed by atoms with van der Waals surface area (Å²) >= 11 is 0. The predicted octanol–water partition coefficient (Wildman–Crippen LogP) is 2.51. The molecule has 0 radical (unpaired) electrons. The van der Waals surface area contributed by atoms with Crippen molar-refractivity contribution in [3.8, 4) is 0 Å². The van der Waals surface area contributed by atoms with E-state index in [1.54, 1.807) is 0 Å². The van der Waals surface area contributed by atoms with Crippen LogP contribution < -0.4 is 10.6 Å². The van der Waals surface area contributed by atoms with Gasteiger partial charge in [0.1, 0.15) is 0 Å². The summed E-state index contributed by atoms with van der Waals surface area (Å²) in [6.07, 6.45) is 2.23. The van der Waals surface area contributed by atoms with Crippen LogP contribution in [-0.2, 0) is 4.79 Å². The number of hydrogen-bond acceptors (Lipinski definition) is 2. The fourth-order valence-corrected chi connectivity index (χ4v) is 2.40. The Morgan fingerprint density at radius 1 is 1.05 bits per heavy atom. The first-order chi connectivity index (χ1) is 9.46. The van der Waals surface area contributed by atoms with Crippen LogP contribution in [0.2, 0.25) is 0 Å². The molecule has 21 heavy (non-hydrogen) atoms. The first-order valence-electron chi connectivity index (χ1n) is 7.83. The molecule has 1 rings (SSSR count). The monoisotopic (exact) mass is 297 g/mol. The number of nitrogens with one attached hydrogen (secondary N) is 2. The van der Waals surface area contributed by atoms with Gasteiger partial charge < -0.3 is 15.5 Å². The molecule has 1 fully saturated rings. The van der Waals surface area contributed by atoms with Gasteiger partial charge in [-0.15, -0.1) is 0 Å². The highest BCUT2D eigenvalue weighted by Crippen LogP contribution is 2.21. The molecular weight excluding hydrogens is 266 g/mol. The van der Waals surface area contributed by atoms with Gasteiger partial charge in [0.15, 0.2) is 0 Å². The zero-order valence-corrected chi connectivity index (χ0v) is 14.4. The Morgan fingerprint density at radius 3 is 2.00 bits per heavy atom. The van der Waals surface area contributed by atoms with Gasteiger partial charge in [0, 0.05) is 31.1 Å². The van der Waals surface area contributed by atoms with Gasteiger partial charge in [0.25, 0.3) is 0 Å². The smallest absolute Gasteiger partial charge is 0.315 e. The van der Waals surface area contributed by atoms with Crippen molar-refractivity contribution < 1.29 is 9.59 Å². The SMILES string of the molecule is CC(C)(C)CC(=O)N1CCC(NC(=O)NC(C)(C)C)CC1. The lowest BCUT2D eigenvalue weighted by Crippen LogP contribution is -2.52. The number of hydrogen-bond donors (Lipinski definition) is 2. The number of piperidine rings is 1. The summed E-state index contributed by atoms with van der Waals surface area (Å²) in [7, 11) is 0. The Morgan fingerprint density at radius 2 is 1.57 bits per heavy atom. The minimum Gasteiger partial charge on any atom is -0.343 e. The molecule has 0 atom stereocenters. The normalized spacial score (nSPS) is 17.5. The molecule has 1 aliphatic heterocycles. The topological polar surface area (TPSA) is 61.4 Å². The van der Waals surface area contributed by atoms with E-state index >= 15 is 0 Å². The summed E-state index contributed by atoms with van der Waals surface area (Å²) < 4.78 is 0. The van der Waals surface area contributed by atoms with Crippen molar-refractivity contribution in [3.63, 3.8) is 0 Å². The Labute approximate surface area is 128 Å². The van der Waals surface area contributed by atoms with E-state index in [1.165, 1.54) is 0 Å². The van der Waals surface area contributed by atoms with Crippen molar-refractivity contribution >= 4 is 11.9 Å². The van der Waals surface area contributed by atoms with Crippen LogP contribution in [0.25, 0.3) is 0 Å². The van der Waals surface area contributed by atoms with Crippen LogP contribution in [0.4, 0.5) is 4.79 Å². The molecule has 2 N–H and O–H groups in total. The first kappa shape index (κ1) is 17.8. The van der Waals surface area contributed by atoms with E-state index in [-0.39, 0.29) is 28.9 Å². The molecule has 0 spiro atoms. The third-order valence-electron chi connectivity index (χ3n) is 3.35. The van der Waals surface area contributed by atoms with Gasteiger partial charge in [-0.1, -0.05) is 20.8 Å². The lowest BCUT2D eigenvalue weighted by atomic mass is 9.91. The molecule has 0 saturated carbocycles. The third kappa shape index (κ3) is 7.34. The summed E-state index contributed by atoms with van der Waals surface area (Å²) in [5.41, 5.74) is -0.202. The number of urea groups is 1. The molecule has 1 heterocycles. The van der Waals surface area contributed by atoms with Crippen molar-refractivity contribution in [2.24, 2.45) is 5.41 Å². The van der Waals surface area contributed by atoms with Crippen molar-refractivity contribution in [2.75, 3.05) is 13.1 Å². The maximum Gasteiger partial charge on any atom is 0.315 e. The number of carbonyl (C=O) groups excluding carboxylic acids is 2. The minimum absolute atomic E-state index is 0.0266. The number of likely N-dealkylation sites (tertiary alicyclic amines) is 1. The van der Waals surface area contributed by atoms with Crippen LogP contribution >= 0.6 is 0 Å². The molecule has 0 bridgehead atoms. The second kappa shape index (κ2) is 6.67. The zero-order chi connectivity index (χ0) is 16.3. The van der Waals surface area contributed by atoms with E-state index in [2.05, 4.69) is 31.4 Å². The van der Waals surface area contributed by atoms with Gasteiger partial charge in [0.05, 0.1) is 0 Å². The number of amides is 3. The van der Waals surface area contributed by atoms with Gasteiger partial charge in [-0.2, -0.15) is 0 Å². The van der Waals surface area contributed by atoms with Crippen LogP contribution in [0.5, 0.6) is 0 Å². The zero-order valence-electron chi connectivity index (χ0n) is 14.4. The average molecular weight is 297 g/mol. The molecule has 3 amide bonds. The first-order valence-corrected chi connectivity index (χ1v) is 7.83. The number of rotatable bonds is 2. The third-order valence-corrected chi connectivity index (χ3v) is 3.35. The molecule has 5 heteroatoms. The molecular formula is C16H31N3O2. The van der Waals surface area contributed by atoms with E-state index in [1.807, 2.05) is 25.7 Å². The van der Waals surface area contributed by atoms with E-state index < -0.39 is 0 Å². The van der Waals surface area contributed by atoms with E-state index in [4.69, 9.17) is 0 Å². The van der Waals surface area contributed by atoms with Gasteiger partial charge in [-0.05, 0) is 39.0 Å². The fourth-order valence-electron chi connectivity index (χ4n) is 2.40. The standard InChI is InChI=1S/C16H31N3O2/c1-15(2,3)11-13(20)19-9-7-12(8-10-19)17-14(21)18-16(4,5)6/h12H,7-11H2,1-6H3,(H2,17,18,21). The molecule has 0 aromatic carbocycles. The van der Waals surface area contributed by atoms with Crippen molar-refractivity contribution in [1.29, 1.82) is 0 Å². The van der Waals surface area contributed by atoms with E-state index in [0.29, 0.717) is 6.42 Å². The Balaban J connectivity index is 2.35. The molecule has 0 aromatic heterocycles. The van der Waals surface area contributed by atoms with Crippen molar-refractivity contribution in [1.82, 2.24) is 15.5 Å². The van der Waals surface area contributed by atoms with E-state index in [9.17, 15) is 9.59 Å². The van der Waals surface area contributed by atoms with Crippen molar-refractivity contribution in [2.45, 2.75) is 72.4 Å². The van der Waals surface area contributed by atoms with Crippen LogP contribution in [0.1, 0.15) is 60.8 Å². The summed E-state index contributed by atoms with van der Waals surface area (Å²) in [4.78, 5) is 25.9. The predicted molar refractivity (Wildman–Crippen MR) is 85.1 cm³/mol. The van der Waals surface area contributed by atoms with Crippen LogP contribution in [0.15, 0.2) is 0 Å². The highest BCUT2D eigenvalue weighted by atomic mass is 16.2. The molecule has 122 valence electrons. The fraction of sp³-hybridized carbons (Fsp3) is 0.875. The largest absolute Gasteiger partial charge is 0.343 e. The van der Waals surface area contributed by atoms with Crippen LogP contribution in [-0.4, -0.2) is 41.5 Å². The molecule has 0 aromatic rings. The minimum atomic E-state index is -0.229. The van der Waals surface area contributed by atoms with Crippen molar-refractivity contribution in [3.05, 3.63) is 0 Å². The lowest BCUT2D eigenvalue weighted by molar-refractivity contribution is -0.134. The Bertz CT molecular complexity index is 372.